The van der Waals surface area contributed by atoms with Gasteiger partial charge in [-0.05, 0) is 0 Å². The van der Waals surface area contributed by atoms with E-state index in [1.165, 1.54) is 0 Å². The van der Waals surface area contributed by atoms with Gasteiger partial charge in [-0.2, -0.15) is 13.1 Å². The lowest BCUT2D eigenvalue weighted by Crippen LogP contribution is -2.45. The Labute approximate surface area is 113 Å². The molecule has 104 valence electrons. The lowest BCUT2D eigenvalue weighted by Gasteiger charge is -2.29. The van der Waals surface area contributed by atoms with Gasteiger partial charge in [0.1, 0.15) is 25.9 Å². The van der Waals surface area contributed by atoms with Gasteiger partial charge in [0, 0.05) is 24.0 Å². The first kappa shape index (κ1) is 14.2. The van der Waals surface area contributed by atoms with Crippen LogP contribution in [0.1, 0.15) is 28.8 Å². The molecule has 6 heteroatoms. The van der Waals surface area contributed by atoms with E-state index in [4.69, 9.17) is 4.28 Å². The van der Waals surface area contributed by atoms with Crippen LogP contribution in [0.5, 0.6) is 0 Å². The molecule has 1 aliphatic heterocycles. The number of aldehydes is 1. The first-order valence-electron chi connectivity index (χ1n) is 6.24. The lowest BCUT2D eigenvalue weighted by atomic mass is 10.1. The number of hydrogen-bond acceptors (Lipinski definition) is 4. The van der Waals surface area contributed by atoms with Crippen LogP contribution in [0.2, 0.25) is 0 Å². The van der Waals surface area contributed by atoms with E-state index in [0.29, 0.717) is 25.2 Å². The van der Waals surface area contributed by atoms with Crippen molar-refractivity contribution in [2.75, 3.05) is 19.3 Å². The Morgan fingerprint density at radius 3 is 2.26 bits per heavy atom. The number of hydrogen-bond donors (Lipinski definition) is 0. The van der Waals surface area contributed by atoms with Gasteiger partial charge in [-0.25, -0.2) is 0 Å². The minimum absolute atomic E-state index is 0.124. The highest BCUT2D eigenvalue weighted by Crippen LogP contribution is 2.25. The molecule has 0 N–H and O–H groups in total. The van der Waals surface area contributed by atoms with Crippen LogP contribution in [0.4, 0.5) is 0 Å². The van der Waals surface area contributed by atoms with Crippen LogP contribution in [0.3, 0.4) is 0 Å². The molecule has 0 atom stereocenters. The standard InChI is InChI=1S/C13H18NO4S/c1-19(16,17)18-14(8-2-3-9-14)10-12-4-6-13(11-15)7-5-12/h4-7,11H,2-3,8-10H2,1H3/q+1. The predicted molar refractivity (Wildman–Crippen MR) is 70.7 cm³/mol. The van der Waals surface area contributed by atoms with E-state index in [0.717, 1.165) is 30.9 Å². The molecule has 1 heterocycles. The van der Waals surface area contributed by atoms with Crippen molar-refractivity contribution >= 4 is 16.4 Å². The zero-order chi connectivity index (χ0) is 13.9. The molecule has 2 rings (SSSR count). The van der Waals surface area contributed by atoms with Gasteiger partial charge in [-0.3, -0.25) is 4.79 Å². The largest absolute Gasteiger partial charge is 0.311 e. The van der Waals surface area contributed by atoms with Crippen molar-refractivity contribution in [3.63, 3.8) is 0 Å². The van der Waals surface area contributed by atoms with Gasteiger partial charge in [0.15, 0.2) is 0 Å². The van der Waals surface area contributed by atoms with Crippen molar-refractivity contribution in [1.29, 1.82) is 0 Å². The summed E-state index contributed by atoms with van der Waals surface area (Å²) >= 11 is 0. The van der Waals surface area contributed by atoms with Crippen molar-refractivity contribution in [2.24, 2.45) is 0 Å². The Balaban J connectivity index is 2.18. The molecule has 1 aromatic rings. The molecule has 0 aromatic heterocycles. The molecule has 1 fully saturated rings. The van der Waals surface area contributed by atoms with E-state index in [-0.39, 0.29) is 4.65 Å². The van der Waals surface area contributed by atoms with Gasteiger partial charge < -0.3 is 0 Å². The zero-order valence-corrected chi connectivity index (χ0v) is 11.7. The Morgan fingerprint density at radius 1 is 1.21 bits per heavy atom. The second-order valence-electron chi connectivity index (χ2n) is 5.01. The molecule has 0 bridgehead atoms. The van der Waals surface area contributed by atoms with Crippen molar-refractivity contribution in [3.05, 3.63) is 35.4 Å². The maximum atomic E-state index is 11.4. The molecule has 19 heavy (non-hydrogen) atoms. The number of likely N-dealkylation sites (tertiary alicyclic amines) is 1. The maximum absolute atomic E-state index is 11.4. The summed E-state index contributed by atoms with van der Waals surface area (Å²) in [5.74, 6) is 0. The second kappa shape index (κ2) is 5.40. The fourth-order valence-electron chi connectivity index (χ4n) is 2.49. The molecular formula is C13H18NO4S+. The molecule has 0 spiro atoms. The molecule has 0 amide bonds. The van der Waals surface area contributed by atoms with Crippen LogP contribution in [0.25, 0.3) is 0 Å². The number of nitrogens with zero attached hydrogens (tertiary/aromatic N) is 1. The van der Waals surface area contributed by atoms with Gasteiger partial charge in [0.05, 0.1) is 6.26 Å². The molecule has 0 saturated carbocycles. The smallest absolute Gasteiger partial charge is 0.298 e. The molecule has 1 aromatic carbocycles. The topological polar surface area (TPSA) is 60.4 Å². The third-order valence-electron chi connectivity index (χ3n) is 3.26. The number of carbonyl (C=O) groups is 1. The number of quaternary nitrogens is 1. The Hall–Kier alpha value is -1.24. The molecule has 1 aliphatic rings. The van der Waals surface area contributed by atoms with Crippen molar-refractivity contribution < 1.29 is 22.1 Å². The SMILES string of the molecule is CS(=O)(=O)O[N+]1(Cc2ccc(C=O)cc2)CCCC1. The molecule has 5 nitrogen and oxygen atoms in total. The summed E-state index contributed by atoms with van der Waals surface area (Å²) in [4.78, 5) is 10.6. The number of hydroxylamine groups is 3. The van der Waals surface area contributed by atoms with Crippen LogP contribution < -0.4 is 0 Å². The van der Waals surface area contributed by atoms with E-state index in [9.17, 15) is 13.2 Å². The summed E-state index contributed by atoms with van der Waals surface area (Å²) in [6, 6.07) is 7.14. The number of carbonyl (C=O) groups excluding carboxylic acids is 1. The normalized spacial score (nSPS) is 18.4. The van der Waals surface area contributed by atoms with E-state index < -0.39 is 10.1 Å². The molecule has 1 saturated heterocycles. The third kappa shape index (κ3) is 3.86. The summed E-state index contributed by atoms with van der Waals surface area (Å²) in [7, 11) is -3.48. The fourth-order valence-corrected chi connectivity index (χ4v) is 3.27. The van der Waals surface area contributed by atoms with Crippen LogP contribution in [-0.2, 0) is 20.9 Å². The summed E-state index contributed by atoms with van der Waals surface area (Å²) < 4.78 is 28.2. The predicted octanol–water partition coefficient (Wildman–Crippen LogP) is 1.50. The molecule has 0 aliphatic carbocycles. The third-order valence-corrected chi connectivity index (χ3v) is 3.85. The van der Waals surface area contributed by atoms with Crippen molar-refractivity contribution in [3.8, 4) is 0 Å². The van der Waals surface area contributed by atoms with Gasteiger partial charge in [-0.15, -0.1) is 0 Å². The highest BCUT2D eigenvalue weighted by Gasteiger charge is 2.38. The van der Waals surface area contributed by atoms with E-state index in [1.54, 1.807) is 12.1 Å². The van der Waals surface area contributed by atoms with E-state index in [2.05, 4.69) is 0 Å². The second-order valence-corrected chi connectivity index (χ2v) is 6.57. The minimum atomic E-state index is -3.48. The first-order chi connectivity index (χ1) is 8.92. The van der Waals surface area contributed by atoms with Gasteiger partial charge in [0.25, 0.3) is 0 Å². The molecule has 0 radical (unpaired) electrons. The van der Waals surface area contributed by atoms with Crippen molar-refractivity contribution in [2.45, 2.75) is 19.4 Å². The quantitative estimate of drug-likeness (QED) is 0.607. The zero-order valence-electron chi connectivity index (χ0n) is 10.9. The van der Waals surface area contributed by atoms with Gasteiger partial charge in [-0.1, -0.05) is 28.5 Å². The van der Waals surface area contributed by atoms with Crippen molar-refractivity contribution in [1.82, 2.24) is 0 Å². The van der Waals surface area contributed by atoms with Gasteiger partial charge in [0.2, 0.25) is 0 Å². The first-order valence-corrected chi connectivity index (χ1v) is 8.06. The average Bonchev–Trinajstić information content (AvgIpc) is 2.76. The summed E-state index contributed by atoms with van der Waals surface area (Å²) in [6.45, 7) is 1.90. The monoisotopic (exact) mass is 284 g/mol. The molecular weight excluding hydrogens is 266 g/mol. The lowest BCUT2D eigenvalue weighted by molar-refractivity contribution is -1.08. The van der Waals surface area contributed by atoms with Crippen LogP contribution in [-0.4, -0.2) is 38.7 Å². The Morgan fingerprint density at radius 2 is 1.79 bits per heavy atom. The van der Waals surface area contributed by atoms with E-state index >= 15 is 0 Å². The fraction of sp³-hybridized carbons (Fsp3) is 0.462. The average molecular weight is 284 g/mol. The van der Waals surface area contributed by atoms with Crippen LogP contribution >= 0.6 is 0 Å². The summed E-state index contributed by atoms with van der Waals surface area (Å²) in [6.07, 6.45) is 3.79. The highest BCUT2D eigenvalue weighted by atomic mass is 32.2. The van der Waals surface area contributed by atoms with E-state index in [1.807, 2.05) is 12.1 Å². The number of benzene rings is 1. The highest BCUT2D eigenvalue weighted by molar-refractivity contribution is 7.85. The van der Waals surface area contributed by atoms with Gasteiger partial charge >= 0.3 is 10.1 Å². The van der Waals surface area contributed by atoms with Crippen LogP contribution in [0, 0.1) is 0 Å². The Kier molecular flexibility index (Phi) is 4.03. The summed E-state index contributed by atoms with van der Waals surface area (Å²) in [5.41, 5.74) is 1.58. The number of rotatable bonds is 5. The Bertz CT molecular complexity index is 545. The minimum Gasteiger partial charge on any atom is -0.298 e. The molecule has 0 unspecified atom stereocenters. The van der Waals surface area contributed by atoms with Crippen LogP contribution in [0.15, 0.2) is 24.3 Å². The summed E-state index contributed by atoms with van der Waals surface area (Å²) in [5, 5.41) is 0. The maximum Gasteiger partial charge on any atom is 0.311 e.